The number of H-pyrrole nitrogens is 1. The van der Waals surface area contributed by atoms with E-state index in [0.29, 0.717) is 12.2 Å². The zero-order valence-corrected chi connectivity index (χ0v) is 17.8. The molecule has 0 spiro atoms. The predicted octanol–water partition coefficient (Wildman–Crippen LogP) is 1.94. The molecule has 1 aromatic carbocycles. The number of aryl methyl sites for hydroxylation is 2. The van der Waals surface area contributed by atoms with E-state index in [1.165, 1.54) is 15.5 Å². The third-order valence-corrected chi connectivity index (χ3v) is 5.82. The van der Waals surface area contributed by atoms with Crippen molar-refractivity contribution in [1.29, 1.82) is 0 Å². The first-order valence-corrected chi connectivity index (χ1v) is 10.6. The van der Waals surface area contributed by atoms with Crippen molar-refractivity contribution in [3.63, 3.8) is 0 Å². The van der Waals surface area contributed by atoms with Crippen molar-refractivity contribution in [3.05, 3.63) is 64.3 Å². The molecule has 0 radical (unpaired) electrons. The minimum absolute atomic E-state index is 0.229. The van der Waals surface area contributed by atoms with Gasteiger partial charge in [-0.2, -0.15) is 4.68 Å². The molecule has 1 fully saturated rings. The van der Waals surface area contributed by atoms with Crippen LogP contribution in [0.25, 0.3) is 28.0 Å². The van der Waals surface area contributed by atoms with Gasteiger partial charge in [-0.05, 0) is 51.1 Å². The highest BCUT2D eigenvalue weighted by atomic mass is 16.2. The Morgan fingerprint density at radius 3 is 2.39 bits per heavy atom. The van der Waals surface area contributed by atoms with Crippen molar-refractivity contribution in [2.75, 3.05) is 25.4 Å². The van der Waals surface area contributed by atoms with Crippen LogP contribution in [0.15, 0.2) is 47.3 Å². The van der Waals surface area contributed by atoms with E-state index in [1.807, 2.05) is 56.3 Å². The van der Waals surface area contributed by atoms with E-state index in [4.69, 9.17) is 10.8 Å². The Morgan fingerprint density at radius 1 is 1.03 bits per heavy atom. The van der Waals surface area contributed by atoms with Crippen LogP contribution in [0.1, 0.15) is 17.8 Å². The summed E-state index contributed by atoms with van der Waals surface area (Å²) in [7, 11) is 0. The third-order valence-electron chi connectivity index (χ3n) is 5.82. The smallest absolute Gasteiger partial charge is 0.301 e. The van der Waals surface area contributed by atoms with Gasteiger partial charge in [-0.3, -0.25) is 10.7 Å². The molecule has 1 aliphatic heterocycles. The fourth-order valence-electron chi connectivity index (χ4n) is 4.21. The van der Waals surface area contributed by atoms with Gasteiger partial charge in [0.05, 0.1) is 12.1 Å². The Hall–Kier alpha value is -3.52. The number of nitrogens with two attached hydrogens (primary N) is 1. The first-order valence-electron chi connectivity index (χ1n) is 10.6. The molecule has 3 N–H and O–H groups in total. The number of rotatable bonds is 5. The van der Waals surface area contributed by atoms with Gasteiger partial charge in [0.15, 0.2) is 0 Å². The SMILES string of the molecule is Cc1cc(-c2c(-c3ccccc3)[nH+]c(N)n3c(=O)n(CCN4CCC4)nc23)cc(C)n1. The summed E-state index contributed by atoms with van der Waals surface area (Å²) in [6.07, 6.45) is 1.22. The lowest BCUT2D eigenvalue weighted by molar-refractivity contribution is -0.351. The van der Waals surface area contributed by atoms with E-state index >= 15 is 0 Å². The fourth-order valence-corrected chi connectivity index (χ4v) is 4.21. The number of hydrogen-bond acceptors (Lipinski definition) is 5. The molecule has 8 heteroatoms. The van der Waals surface area contributed by atoms with E-state index in [0.717, 1.165) is 53.4 Å². The standard InChI is InChI=1S/C23H25N7O/c1-15-13-18(14-16(2)25-15)19-20(17-7-4-3-5-8-17)26-22(24)30-21(19)27-29(23(30)31)12-11-28-9-6-10-28/h3-5,7-8,13-14H,6,9-12H2,1-2H3,(H2,24,26)/p+1. The van der Waals surface area contributed by atoms with Crippen molar-refractivity contribution in [2.45, 2.75) is 26.8 Å². The Balaban J connectivity index is 1.77. The maximum Gasteiger partial charge on any atom is 0.411 e. The predicted molar refractivity (Wildman–Crippen MR) is 120 cm³/mol. The van der Waals surface area contributed by atoms with Crippen LogP contribution in [-0.2, 0) is 6.54 Å². The summed E-state index contributed by atoms with van der Waals surface area (Å²) in [6.45, 7) is 7.44. The van der Waals surface area contributed by atoms with E-state index in [1.54, 1.807) is 0 Å². The van der Waals surface area contributed by atoms with Gasteiger partial charge in [-0.1, -0.05) is 30.3 Å². The zero-order valence-electron chi connectivity index (χ0n) is 17.8. The first-order chi connectivity index (χ1) is 15.0. The molecular formula is C23H26N7O+. The first kappa shape index (κ1) is 19.4. The van der Waals surface area contributed by atoms with Crippen LogP contribution in [0.3, 0.4) is 0 Å². The molecule has 0 atom stereocenters. The van der Waals surface area contributed by atoms with Gasteiger partial charge in [0.25, 0.3) is 0 Å². The van der Waals surface area contributed by atoms with Crippen LogP contribution < -0.4 is 16.4 Å². The summed E-state index contributed by atoms with van der Waals surface area (Å²) in [5.74, 6) is 0.264. The number of hydrogen-bond donors (Lipinski definition) is 1. The monoisotopic (exact) mass is 416 g/mol. The zero-order chi connectivity index (χ0) is 21.5. The number of fused-ring (bicyclic) bond motifs is 1. The Bertz CT molecular complexity index is 1300. The maximum atomic E-state index is 13.2. The lowest BCUT2D eigenvalue weighted by atomic mass is 9.99. The summed E-state index contributed by atoms with van der Waals surface area (Å²) in [5.41, 5.74) is 12.1. The topological polar surface area (TPSA) is 95.6 Å². The molecule has 158 valence electrons. The number of benzene rings is 1. The lowest BCUT2D eigenvalue weighted by Crippen LogP contribution is -2.40. The van der Waals surface area contributed by atoms with Crippen LogP contribution in [-0.4, -0.2) is 43.7 Å². The summed E-state index contributed by atoms with van der Waals surface area (Å²) < 4.78 is 3.00. The van der Waals surface area contributed by atoms with Crippen LogP contribution >= 0.6 is 0 Å². The molecule has 3 aromatic heterocycles. The normalized spacial score (nSPS) is 14.1. The summed E-state index contributed by atoms with van der Waals surface area (Å²) in [4.78, 5) is 23.3. The number of nitrogens with one attached hydrogen (secondary N) is 1. The number of likely N-dealkylation sites (tertiary alicyclic amines) is 1. The van der Waals surface area contributed by atoms with Gasteiger partial charge < -0.3 is 4.90 Å². The number of nitrogen functional groups attached to an aromatic ring is 1. The minimum atomic E-state index is -0.229. The quantitative estimate of drug-likeness (QED) is 0.536. The average molecular weight is 417 g/mol. The maximum absolute atomic E-state index is 13.2. The highest BCUT2D eigenvalue weighted by Crippen LogP contribution is 2.32. The minimum Gasteiger partial charge on any atom is -0.301 e. The van der Waals surface area contributed by atoms with Gasteiger partial charge in [0, 0.05) is 23.5 Å². The molecule has 1 saturated heterocycles. The average Bonchev–Trinajstić information content (AvgIpc) is 3.03. The van der Waals surface area contributed by atoms with E-state index in [2.05, 4.69) is 14.9 Å². The van der Waals surface area contributed by atoms with Crippen molar-refractivity contribution in [3.8, 4) is 22.4 Å². The van der Waals surface area contributed by atoms with Gasteiger partial charge in [0.1, 0.15) is 5.69 Å². The molecule has 4 aromatic rings. The fraction of sp³-hybridized carbons (Fsp3) is 0.304. The number of aromatic amines is 1. The number of pyridine rings is 1. The second-order valence-corrected chi connectivity index (χ2v) is 8.12. The highest BCUT2D eigenvalue weighted by molar-refractivity contribution is 5.88. The number of nitrogens with zero attached hydrogens (tertiary/aromatic N) is 5. The van der Waals surface area contributed by atoms with Crippen LogP contribution in [0.4, 0.5) is 5.95 Å². The molecule has 0 aliphatic carbocycles. The van der Waals surface area contributed by atoms with Gasteiger partial charge >= 0.3 is 11.6 Å². The Labute approximate surface area is 180 Å². The van der Waals surface area contributed by atoms with Gasteiger partial charge in [-0.15, -0.1) is 9.50 Å². The third kappa shape index (κ3) is 3.48. The lowest BCUT2D eigenvalue weighted by Gasteiger charge is -2.30. The van der Waals surface area contributed by atoms with Crippen molar-refractivity contribution >= 4 is 11.6 Å². The summed E-state index contributed by atoms with van der Waals surface area (Å²) in [5, 5.41) is 4.75. The van der Waals surface area contributed by atoms with E-state index < -0.39 is 0 Å². The molecule has 4 heterocycles. The molecule has 31 heavy (non-hydrogen) atoms. The second kappa shape index (κ2) is 7.63. The number of aromatic nitrogens is 5. The molecule has 0 saturated carbocycles. The summed E-state index contributed by atoms with van der Waals surface area (Å²) in [6, 6.07) is 14.0. The van der Waals surface area contributed by atoms with Crippen LogP contribution in [0.5, 0.6) is 0 Å². The molecule has 1 aliphatic rings. The molecule has 5 rings (SSSR count). The van der Waals surface area contributed by atoms with Crippen molar-refractivity contribution < 1.29 is 4.98 Å². The van der Waals surface area contributed by atoms with E-state index in [9.17, 15) is 4.79 Å². The van der Waals surface area contributed by atoms with Crippen molar-refractivity contribution in [1.82, 2.24) is 24.1 Å². The number of anilines is 1. The van der Waals surface area contributed by atoms with Crippen LogP contribution in [0, 0.1) is 13.8 Å². The Morgan fingerprint density at radius 2 is 1.74 bits per heavy atom. The molecule has 0 amide bonds. The van der Waals surface area contributed by atoms with Gasteiger partial charge in [-0.25, -0.2) is 9.78 Å². The summed E-state index contributed by atoms with van der Waals surface area (Å²) >= 11 is 0. The molecule has 0 bridgehead atoms. The second-order valence-electron chi connectivity index (χ2n) is 8.12. The highest BCUT2D eigenvalue weighted by Gasteiger charge is 2.26. The van der Waals surface area contributed by atoms with Crippen LogP contribution in [0.2, 0.25) is 0 Å². The molecule has 8 nitrogen and oxygen atoms in total. The molecule has 0 unspecified atom stereocenters. The van der Waals surface area contributed by atoms with Crippen molar-refractivity contribution in [2.24, 2.45) is 0 Å². The largest absolute Gasteiger partial charge is 0.411 e. The van der Waals surface area contributed by atoms with Gasteiger partial charge in [0.2, 0.25) is 5.65 Å². The Kier molecular flexibility index (Phi) is 4.78. The van der Waals surface area contributed by atoms with E-state index in [-0.39, 0.29) is 11.6 Å². The molecular weight excluding hydrogens is 390 g/mol.